The number of nitrogens with two attached hydrogens (primary N) is 1. The predicted octanol–water partition coefficient (Wildman–Crippen LogP) is -3.70. The summed E-state index contributed by atoms with van der Waals surface area (Å²) in [6.07, 6.45) is -11.9. The van der Waals surface area contributed by atoms with Gasteiger partial charge >= 0.3 is 6.03 Å². The van der Waals surface area contributed by atoms with Crippen LogP contribution in [-0.2, 0) is 28.5 Å². The summed E-state index contributed by atoms with van der Waals surface area (Å²) in [5.41, 5.74) is 5.86. The van der Waals surface area contributed by atoms with Crippen molar-refractivity contribution in [2.75, 3.05) is 6.61 Å². The number of hydrogen-bond acceptors (Lipinski definition) is 12. The quantitative estimate of drug-likeness (QED) is 0.0825. The molecule has 2 rings (SSSR count). The van der Waals surface area contributed by atoms with E-state index < -0.39 is 85.6 Å². The van der Waals surface area contributed by atoms with Crippen molar-refractivity contribution in [2.24, 2.45) is 17.7 Å². The van der Waals surface area contributed by atoms with Gasteiger partial charge in [-0.25, -0.2) is 16.1 Å². The molecule has 0 bridgehead atoms. The second-order valence-electron chi connectivity index (χ2n) is 9.54. The molecule has 4 amide bonds. The van der Waals surface area contributed by atoms with E-state index in [0.29, 0.717) is 0 Å². The van der Waals surface area contributed by atoms with Crippen molar-refractivity contribution in [1.82, 2.24) is 21.6 Å². The summed E-state index contributed by atoms with van der Waals surface area (Å²) in [5, 5.41) is 44.9. The van der Waals surface area contributed by atoms with Gasteiger partial charge in [0, 0.05) is 12.8 Å². The van der Waals surface area contributed by atoms with E-state index in [1.165, 1.54) is 6.92 Å². The summed E-state index contributed by atoms with van der Waals surface area (Å²) in [4.78, 5) is 36.1. The predicted molar refractivity (Wildman–Crippen MR) is 123 cm³/mol. The van der Waals surface area contributed by atoms with Crippen LogP contribution >= 0.6 is 0 Å². The second-order valence-corrected chi connectivity index (χ2v) is 9.54. The monoisotopic (exact) mass is 537 g/mol. The minimum Gasteiger partial charge on any atom is -0.394 e. The first-order valence-corrected chi connectivity index (χ1v) is 11.9. The molecule has 0 aromatic rings. The van der Waals surface area contributed by atoms with Crippen molar-refractivity contribution in [3.8, 4) is 0 Å². The molecule has 10 atom stereocenters. The largest absolute Gasteiger partial charge is 0.394 e. The smallest absolute Gasteiger partial charge is 0.347 e. The summed E-state index contributed by atoms with van der Waals surface area (Å²) in [5.74, 6) is 2.29. The molecule has 2 saturated heterocycles. The van der Waals surface area contributed by atoms with E-state index in [-0.39, 0.29) is 12.0 Å². The van der Waals surface area contributed by atoms with Gasteiger partial charge < -0.3 is 44.7 Å². The summed E-state index contributed by atoms with van der Waals surface area (Å²) < 4.78 is 23.0. The van der Waals surface area contributed by atoms with Crippen molar-refractivity contribution in [3.63, 3.8) is 0 Å². The summed E-state index contributed by atoms with van der Waals surface area (Å²) in [6, 6.07) is -2.05. The number of carbonyl (C=O) groups is 3. The van der Waals surface area contributed by atoms with Crippen LogP contribution in [0, 0.1) is 11.8 Å². The summed E-state index contributed by atoms with van der Waals surface area (Å²) in [7, 11) is 0. The van der Waals surface area contributed by atoms with Crippen LogP contribution < -0.4 is 27.4 Å². The van der Waals surface area contributed by atoms with Crippen LogP contribution in [0.5, 0.6) is 0 Å². The average Bonchev–Trinajstić information content (AvgIpc) is 2.82. The fourth-order valence-corrected chi connectivity index (χ4v) is 4.36. The molecule has 10 N–H and O–H groups in total. The molecule has 2 aliphatic rings. The zero-order chi connectivity index (χ0) is 28.0. The summed E-state index contributed by atoms with van der Waals surface area (Å²) >= 11 is 0. The molecular weight excluding hydrogens is 498 g/mol. The number of hydrazine groups is 2. The number of nitrogens with one attached hydrogen (secondary N) is 4. The van der Waals surface area contributed by atoms with Crippen LogP contribution in [0.25, 0.3) is 0 Å². The molecule has 2 fully saturated rings. The van der Waals surface area contributed by atoms with E-state index in [0.717, 1.165) is 0 Å². The molecule has 16 heteroatoms. The maximum atomic E-state index is 12.8. The number of ether oxygens (including phenoxy) is 4. The van der Waals surface area contributed by atoms with E-state index >= 15 is 0 Å². The molecule has 0 saturated carbocycles. The number of aliphatic hydroxyl groups is 4. The number of carbonyl (C=O) groups excluding carboxylic acids is 3. The van der Waals surface area contributed by atoms with Gasteiger partial charge in [0.1, 0.15) is 36.6 Å². The third kappa shape index (κ3) is 7.68. The zero-order valence-corrected chi connectivity index (χ0v) is 21.4. The van der Waals surface area contributed by atoms with Crippen LogP contribution in [0.3, 0.4) is 0 Å². The second kappa shape index (κ2) is 13.6. The zero-order valence-electron chi connectivity index (χ0n) is 21.4. The first kappa shape index (κ1) is 31.1. The Balaban J connectivity index is 2.36. The Labute approximate surface area is 214 Å². The standard InChI is InChI=1S/C21H39N5O11/c1-7(2)11-14(30)15(31)20(36-16(11)18(32)25-26-21(33)24-22)37-17-12(23-9(5)28)19(34-8(3)4)35-10(6-27)13(17)29/h7-8,10-17,19-20,27,29-31H,6,22H2,1-5H3,(H,23,28)(H,25,32)(H2,24,26,33)/t10?,11-,12-,13+,14?,15-,16?,17?,19+,20-/m0/s1. The third-order valence-corrected chi connectivity index (χ3v) is 6.03. The van der Waals surface area contributed by atoms with Crippen molar-refractivity contribution < 1.29 is 53.8 Å². The van der Waals surface area contributed by atoms with E-state index in [1.54, 1.807) is 33.1 Å². The highest BCUT2D eigenvalue weighted by Crippen LogP contribution is 2.35. The highest BCUT2D eigenvalue weighted by Gasteiger charge is 2.53. The van der Waals surface area contributed by atoms with E-state index in [9.17, 15) is 34.8 Å². The Bertz CT molecular complexity index is 788. The first-order valence-electron chi connectivity index (χ1n) is 11.9. The number of urea groups is 1. The average molecular weight is 538 g/mol. The van der Waals surface area contributed by atoms with Gasteiger partial charge in [-0.05, 0) is 19.8 Å². The van der Waals surface area contributed by atoms with Crippen molar-refractivity contribution in [1.29, 1.82) is 0 Å². The molecule has 0 aliphatic carbocycles. The van der Waals surface area contributed by atoms with E-state index in [2.05, 4.69) is 10.7 Å². The lowest BCUT2D eigenvalue weighted by Crippen LogP contribution is -2.68. The maximum Gasteiger partial charge on any atom is 0.347 e. The fourth-order valence-electron chi connectivity index (χ4n) is 4.36. The van der Waals surface area contributed by atoms with Gasteiger partial charge in [0.25, 0.3) is 5.91 Å². The lowest BCUT2D eigenvalue weighted by atomic mass is 9.80. The Morgan fingerprint density at radius 1 is 0.973 bits per heavy atom. The molecule has 4 unspecified atom stereocenters. The van der Waals surface area contributed by atoms with Gasteiger partial charge in [-0.3, -0.25) is 20.4 Å². The van der Waals surface area contributed by atoms with Crippen molar-refractivity contribution in [3.05, 3.63) is 0 Å². The lowest BCUT2D eigenvalue weighted by Gasteiger charge is -2.48. The SMILES string of the molecule is CC(=O)N[C@H]1C(O[C@@H]2OC(C(=O)NNC(=O)NN)[C@@H](C(C)C)C(O)[C@@H]2O)[C@H](O)C(CO)O[C@H]1OC(C)C. The molecule has 0 radical (unpaired) electrons. The molecule has 0 spiro atoms. The number of aliphatic hydroxyl groups excluding tert-OH is 4. The first-order chi connectivity index (χ1) is 17.3. The summed E-state index contributed by atoms with van der Waals surface area (Å²) in [6.45, 7) is 7.41. The maximum absolute atomic E-state index is 12.8. The van der Waals surface area contributed by atoms with Gasteiger partial charge in [0.2, 0.25) is 5.91 Å². The molecule has 214 valence electrons. The van der Waals surface area contributed by atoms with Crippen molar-refractivity contribution in [2.45, 2.75) is 96.0 Å². The Morgan fingerprint density at radius 3 is 2.14 bits per heavy atom. The molecule has 2 heterocycles. The van der Waals surface area contributed by atoms with Crippen LogP contribution in [0.1, 0.15) is 34.6 Å². The number of hydrogen-bond donors (Lipinski definition) is 9. The highest BCUT2D eigenvalue weighted by atomic mass is 16.7. The molecule has 0 aromatic heterocycles. The van der Waals surface area contributed by atoms with Crippen LogP contribution in [0.15, 0.2) is 0 Å². The minimum absolute atomic E-state index is 0.368. The Morgan fingerprint density at radius 2 is 1.62 bits per heavy atom. The van der Waals surface area contributed by atoms with Crippen LogP contribution in [0.2, 0.25) is 0 Å². The Kier molecular flexibility index (Phi) is 11.4. The van der Waals surface area contributed by atoms with Gasteiger partial charge in [0.05, 0.1) is 18.8 Å². The molecule has 16 nitrogen and oxygen atoms in total. The Hall–Kier alpha value is -2.15. The van der Waals surface area contributed by atoms with Gasteiger partial charge in [0.15, 0.2) is 12.6 Å². The van der Waals surface area contributed by atoms with Crippen LogP contribution in [0.4, 0.5) is 4.79 Å². The van der Waals surface area contributed by atoms with Gasteiger partial charge in [-0.15, -0.1) is 0 Å². The molecule has 0 aromatic carbocycles. The molecular formula is C21H39N5O11. The van der Waals surface area contributed by atoms with Crippen molar-refractivity contribution >= 4 is 17.8 Å². The topological polar surface area (TPSA) is 243 Å². The molecule has 2 aliphatic heterocycles. The normalized spacial score (nSPS) is 36.2. The van der Waals surface area contributed by atoms with Crippen LogP contribution in [-0.4, -0.2) is 106 Å². The van der Waals surface area contributed by atoms with E-state index in [1.807, 2.05) is 5.43 Å². The lowest BCUT2D eigenvalue weighted by molar-refractivity contribution is -0.339. The van der Waals surface area contributed by atoms with Gasteiger partial charge in [-0.1, -0.05) is 13.8 Å². The fraction of sp³-hybridized carbons (Fsp3) is 0.857. The molecule has 37 heavy (non-hydrogen) atoms. The number of amides is 4. The highest BCUT2D eigenvalue weighted by molar-refractivity contribution is 5.84. The third-order valence-electron chi connectivity index (χ3n) is 6.03. The van der Waals surface area contributed by atoms with Gasteiger partial charge in [-0.2, -0.15) is 0 Å². The van der Waals surface area contributed by atoms with E-state index in [4.69, 9.17) is 24.8 Å². The number of rotatable bonds is 8. The minimum atomic E-state index is -1.68.